The number of carbonyl (C=O) groups excluding carboxylic acids is 2. The van der Waals surface area contributed by atoms with E-state index in [1.807, 2.05) is 107 Å². The van der Waals surface area contributed by atoms with E-state index in [1.54, 1.807) is 0 Å². The second kappa shape index (κ2) is 17.3. The van der Waals surface area contributed by atoms with Crippen LogP contribution in [0, 0.1) is 23.6 Å². The van der Waals surface area contributed by atoms with Gasteiger partial charge in [0.15, 0.2) is 19.7 Å². The summed E-state index contributed by atoms with van der Waals surface area (Å²) in [6, 6.07) is 18.5. The van der Waals surface area contributed by atoms with Crippen molar-refractivity contribution in [3.63, 3.8) is 0 Å². The topological polar surface area (TPSA) is 115 Å². The number of aliphatic hydroxyl groups excluding tert-OH is 1. The maximum Gasteiger partial charge on any atom is 0.265 e. The van der Waals surface area contributed by atoms with Crippen LogP contribution in [0.2, 0.25) is 18.1 Å². The fourth-order valence-electron chi connectivity index (χ4n) is 9.76. The summed E-state index contributed by atoms with van der Waals surface area (Å²) in [5, 5.41) is 16.7. The van der Waals surface area contributed by atoms with Crippen LogP contribution in [0.25, 0.3) is 5.76 Å². The van der Waals surface area contributed by atoms with Crippen molar-refractivity contribution in [2.75, 3.05) is 27.2 Å². The van der Waals surface area contributed by atoms with Crippen LogP contribution in [-0.4, -0.2) is 72.7 Å². The molecule has 0 saturated heterocycles. The first-order chi connectivity index (χ1) is 29.6. The van der Waals surface area contributed by atoms with Crippen LogP contribution in [0.1, 0.15) is 112 Å². The van der Waals surface area contributed by atoms with E-state index in [-0.39, 0.29) is 65.7 Å². The summed E-state index contributed by atoms with van der Waals surface area (Å²) in [5.74, 6) is -2.79. The molecule has 0 amide bonds. The Balaban J connectivity index is 1.46. The minimum Gasteiger partial charge on any atom is -0.507 e. The molecule has 0 spiro atoms. The van der Waals surface area contributed by atoms with Crippen molar-refractivity contribution in [1.29, 1.82) is 0 Å². The van der Waals surface area contributed by atoms with Gasteiger partial charge in [-0.15, -0.1) is 0 Å². The Labute approximate surface area is 381 Å². The predicted octanol–water partition coefficient (Wildman–Crippen LogP) is 11.2. The van der Waals surface area contributed by atoms with Gasteiger partial charge in [0.25, 0.3) is 5.88 Å². The molecule has 3 aromatic carbocycles. The number of ketones is 2. The number of nitrogens with zero attached hydrogens (tertiary/aromatic N) is 3. The second-order valence-electron chi connectivity index (χ2n) is 20.1. The van der Waals surface area contributed by atoms with E-state index in [0.717, 1.165) is 17.7 Å². The summed E-state index contributed by atoms with van der Waals surface area (Å²) in [4.78, 5) is 35.9. The maximum atomic E-state index is 17.9. The monoisotopic (exact) mass is 943 g/mol. The highest BCUT2D eigenvalue weighted by atomic mass is 79.9. The van der Waals surface area contributed by atoms with Gasteiger partial charge in [-0.3, -0.25) is 19.4 Å². The molecule has 13 heteroatoms. The average molecular weight is 945 g/mol. The molecule has 0 bridgehead atoms. The van der Waals surface area contributed by atoms with E-state index < -0.39 is 65.5 Å². The SMILES string of the molecule is CCN(CC(C)C)C(C)(C)c1c(F)c2c(c(OCc3ccccc3)c1Br)C(O)=C1C(=O)[C@]3(O[Si](C)(C)C(C)(C)C)C(=O)c4c(OCc5ccccc5)noc4[C@@H](N(C)C)[C@@H]3C[C@@H]1C2. The van der Waals surface area contributed by atoms with Crippen LogP contribution in [0.4, 0.5) is 4.39 Å². The molecule has 0 unspecified atom stereocenters. The largest absolute Gasteiger partial charge is 0.507 e. The summed E-state index contributed by atoms with van der Waals surface area (Å²) in [6.07, 6.45) is 0.285. The lowest BCUT2D eigenvalue weighted by Gasteiger charge is -2.55. The van der Waals surface area contributed by atoms with Gasteiger partial charge >= 0.3 is 0 Å². The number of hydrogen-bond donors (Lipinski definition) is 1. The van der Waals surface area contributed by atoms with E-state index in [0.29, 0.717) is 22.5 Å². The van der Waals surface area contributed by atoms with Crippen molar-refractivity contribution >= 4 is 41.6 Å². The molecule has 3 aliphatic rings. The number of rotatable bonds is 14. The smallest absolute Gasteiger partial charge is 0.265 e. The maximum absolute atomic E-state index is 17.9. The molecule has 63 heavy (non-hydrogen) atoms. The highest BCUT2D eigenvalue weighted by Crippen LogP contribution is 2.60. The number of aliphatic hydroxyl groups is 1. The van der Waals surface area contributed by atoms with Crippen LogP contribution >= 0.6 is 15.9 Å². The molecular weight excluding hydrogens is 882 g/mol. The zero-order valence-corrected chi connectivity index (χ0v) is 41.4. The van der Waals surface area contributed by atoms with Gasteiger partial charge in [0.2, 0.25) is 11.6 Å². The number of ether oxygens (including phenoxy) is 2. The summed E-state index contributed by atoms with van der Waals surface area (Å²) in [5.41, 5.74) is -0.315. The molecule has 1 fully saturated rings. The van der Waals surface area contributed by atoms with Gasteiger partial charge in [-0.2, -0.15) is 0 Å². The number of halogens is 2. The Morgan fingerprint density at radius 3 is 2.08 bits per heavy atom. The Hall–Kier alpha value is -4.14. The minimum atomic E-state index is -2.98. The lowest BCUT2D eigenvalue weighted by Crippen LogP contribution is -2.68. The normalized spacial score (nSPS) is 21.4. The van der Waals surface area contributed by atoms with Gasteiger partial charge in [-0.05, 0) is 110 Å². The van der Waals surface area contributed by atoms with Crippen LogP contribution < -0.4 is 9.47 Å². The van der Waals surface area contributed by atoms with Crippen LogP contribution in [0.15, 0.2) is 75.2 Å². The van der Waals surface area contributed by atoms with Gasteiger partial charge in [-0.1, -0.05) is 102 Å². The molecule has 3 aliphatic carbocycles. The number of hydrogen-bond acceptors (Lipinski definition) is 10. The standard InChI is InChI=1S/C50H63BrFN3O7Si/c1-13-55(26-29(2)3)49(7,8)38-39(51)43(59-27-30-20-16-14-17-21-30)36-33(40(38)52)24-32-25-34-41(54(9)10)44-37(47(53-61-44)60-28-31-22-18-15-19-23-31)46(58)50(34,45(57)35(32)42(36)56)62-63(11,12)48(4,5)6/h14-23,29,32,34,41,56H,13,24-28H2,1-12H3/t32-,34-,41-,50-/m0/s1. The van der Waals surface area contributed by atoms with Gasteiger partial charge in [0, 0.05) is 34.7 Å². The lowest BCUT2D eigenvalue weighted by molar-refractivity contribution is -0.140. The fourth-order valence-corrected chi connectivity index (χ4v) is 12.2. The zero-order valence-electron chi connectivity index (χ0n) is 38.8. The molecule has 1 saturated carbocycles. The Bertz CT molecular complexity index is 2410. The van der Waals surface area contributed by atoms with E-state index in [4.69, 9.17) is 18.4 Å². The lowest BCUT2D eigenvalue weighted by atomic mass is 9.57. The molecule has 4 aromatic rings. The van der Waals surface area contributed by atoms with Crippen molar-refractivity contribution in [1.82, 2.24) is 15.0 Å². The molecule has 1 aromatic heterocycles. The van der Waals surface area contributed by atoms with Crippen LogP contribution in [-0.2, 0) is 34.4 Å². The van der Waals surface area contributed by atoms with Crippen molar-refractivity contribution in [3.05, 3.63) is 116 Å². The van der Waals surface area contributed by atoms with Gasteiger partial charge in [-0.25, -0.2) is 4.39 Å². The number of aromatic nitrogens is 1. The first-order valence-electron chi connectivity index (χ1n) is 22.1. The van der Waals surface area contributed by atoms with E-state index in [9.17, 15) is 5.11 Å². The average Bonchev–Trinajstić information content (AvgIpc) is 3.63. The van der Waals surface area contributed by atoms with Crippen molar-refractivity contribution in [2.45, 2.75) is 117 Å². The highest BCUT2D eigenvalue weighted by molar-refractivity contribution is 9.10. The van der Waals surface area contributed by atoms with Crippen LogP contribution in [0.3, 0.4) is 0 Å². The summed E-state index contributed by atoms with van der Waals surface area (Å²) < 4.78 is 44.5. The zero-order chi connectivity index (χ0) is 46.0. The number of fused-ring (bicyclic) bond motifs is 4. The third kappa shape index (κ3) is 8.04. The van der Waals surface area contributed by atoms with E-state index in [2.05, 4.69) is 67.5 Å². The molecule has 0 radical (unpaired) electrons. The molecule has 0 aliphatic heterocycles. The minimum absolute atomic E-state index is 0.0270. The van der Waals surface area contributed by atoms with Crippen molar-refractivity contribution in [2.24, 2.45) is 17.8 Å². The summed E-state index contributed by atoms with van der Waals surface area (Å²) >= 11 is 3.81. The summed E-state index contributed by atoms with van der Waals surface area (Å²) in [7, 11) is 0.758. The first kappa shape index (κ1) is 46.8. The molecular formula is C50H63BrFN3O7Si. The second-order valence-corrected chi connectivity index (χ2v) is 25.6. The third-order valence-electron chi connectivity index (χ3n) is 13.9. The third-order valence-corrected chi connectivity index (χ3v) is 19.1. The molecule has 10 nitrogen and oxygen atoms in total. The molecule has 1 N–H and O–H groups in total. The first-order valence-corrected chi connectivity index (χ1v) is 25.8. The van der Waals surface area contributed by atoms with Gasteiger partial charge in [0.05, 0.1) is 16.1 Å². The molecule has 4 atom stereocenters. The molecule has 338 valence electrons. The Kier molecular flexibility index (Phi) is 12.9. The number of carbonyl (C=O) groups is 2. The molecule has 7 rings (SSSR count). The summed E-state index contributed by atoms with van der Waals surface area (Å²) in [6.45, 7) is 22.2. The Morgan fingerprint density at radius 1 is 0.952 bits per heavy atom. The number of benzene rings is 3. The molecule has 1 heterocycles. The number of Topliss-reactive ketones (excluding diaryl/α,β-unsaturated/α-hetero) is 2. The van der Waals surface area contributed by atoms with E-state index >= 15 is 14.0 Å². The van der Waals surface area contributed by atoms with Gasteiger partial charge in [0.1, 0.15) is 36.1 Å². The van der Waals surface area contributed by atoms with Crippen molar-refractivity contribution in [3.8, 4) is 11.6 Å². The van der Waals surface area contributed by atoms with Crippen molar-refractivity contribution < 1.29 is 37.5 Å². The van der Waals surface area contributed by atoms with Crippen LogP contribution in [0.5, 0.6) is 11.6 Å². The predicted molar refractivity (Wildman–Crippen MR) is 249 cm³/mol. The van der Waals surface area contributed by atoms with Gasteiger partial charge < -0.3 is 23.5 Å². The Morgan fingerprint density at radius 2 is 1.54 bits per heavy atom. The van der Waals surface area contributed by atoms with E-state index in [1.165, 1.54) is 0 Å². The fraction of sp³-hybridized carbons (Fsp3) is 0.500. The quantitative estimate of drug-likeness (QED) is 0.0968. The highest BCUT2D eigenvalue weighted by Gasteiger charge is 2.69.